The van der Waals surface area contributed by atoms with Gasteiger partial charge in [-0.15, -0.1) is 0 Å². The van der Waals surface area contributed by atoms with Gasteiger partial charge in [0.2, 0.25) is 0 Å². The van der Waals surface area contributed by atoms with Crippen LogP contribution in [0.1, 0.15) is 5.56 Å². The fourth-order valence-corrected chi connectivity index (χ4v) is 3.10. The van der Waals surface area contributed by atoms with Crippen molar-refractivity contribution in [2.75, 3.05) is 48.5 Å². The Labute approximate surface area is 148 Å². The van der Waals surface area contributed by atoms with Gasteiger partial charge in [0, 0.05) is 36.4 Å². The summed E-state index contributed by atoms with van der Waals surface area (Å²) in [6.07, 6.45) is 4.13. The molecule has 2 aliphatic heterocycles. The van der Waals surface area contributed by atoms with Gasteiger partial charge in [-0.25, -0.2) is 0 Å². The molecule has 2 N–H and O–H groups in total. The summed E-state index contributed by atoms with van der Waals surface area (Å²) in [4.78, 5) is 9.19. The smallest absolute Gasteiger partial charge is 0.115 e. The van der Waals surface area contributed by atoms with Gasteiger partial charge in [0.1, 0.15) is 6.67 Å². The number of ether oxygens (including phenoxy) is 1. The van der Waals surface area contributed by atoms with Gasteiger partial charge in [0.05, 0.1) is 18.9 Å². The van der Waals surface area contributed by atoms with Crippen molar-refractivity contribution in [2.45, 2.75) is 0 Å². The lowest BCUT2D eigenvalue weighted by Crippen LogP contribution is -2.36. The van der Waals surface area contributed by atoms with Gasteiger partial charge in [-0.1, -0.05) is 12.1 Å². The highest BCUT2D eigenvalue weighted by Crippen LogP contribution is 2.23. The molecule has 0 radical (unpaired) electrons. The van der Waals surface area contributed by atoms with Crippen LogP contribution >= 0.6 is 0 Å². The second kappa shape index (κ2) is 6.99. The molecule has 0 aliphatic carbocycles. The Kier molecular flexibility index (Phi) is 4.39. The Bertz CT molecular complexity index is 774. The largest absolute Gasteiger partial charge is 0.399 e. The Balaban J connectivity index is 1.43. The molecule has 0 saturated carbocycles. The van der Waals surface area contributed by atoms with Crippen LogP contribution in [0.3, 0.4) is 0 Å². The maximum absolute atomic E-state index is 5.74. The lowest BCUT2D eigenvalue weighted by molar-refractivity contribution is 0.122. The van der Waals surface area contributed by atoms with Crippen LogP contribution in [-0.2, 0) is 4.74 Å². The molecule has 2 aliphatic rings. The van der Waals surface area contributed by atoms with Crippen LogP contribution in [0.25, 0.3) is 0 Å². The molecule has 128 valence electrons. The van der Waals surface area contributed by atoms with Gasteiger partial charge in [-0.3, -0.25) is 4.99 Å². The van der Waals surface area contributed by atoms with Crippen LogP contribution in [0.5, 0.6) is 0 Å². The van der Waals surface area contributed by atoms with E-state index in [1.54, 1.807) is 0 Å². The van der Waals surface area contributed by atoms with Crippen LogP contribution in [0, 0.1) is 0 Å². The molecule has 5 nitrogen and oxygen atoms in total. The predicted octanol–water partition coefficient (Wildman–Crippen LogP) is 2.89. The van der Waals surface area contributed by atoms with Gasteiger partial charge in [0.25, 0.3) is 0 Å². The first-order valence-corrected chi connectivity index (χ1v) is 8.57. The maximum atomic E-state index is 5.74. The lowest BCUT2D eigenvalue weighted by atomic mass is 10.1. The number of hydrogen-bond acceptors (Lipinski definition) is 5. The number of morpholine rings is 1. The minimum absolute atomic E-state index is 0.618. The summed E-state index contributed by atoms with van der Waals surface area (Å²) in [6.45, 7) is 4.14. The van der Waals surface area contributed by atoms with Crippen LogP contribution < -0.4 is 15.5 Å². The monoisotopic (exact) mass is 334 g/mol. The van der Waals surface area contributed by atoms with E-state index in [1.165, 1.54) is 5.69 Å². The van der Waals surface area contributed by atoms with Crippen molar-refractivity contribution in [1.29, 1.82) is 0 Å². The van der Waals surface area contributed by atoms with E-state index in [0.717, 1.165) is 49.0 Å². The highest BCUT2D eigenvalue weighted by atomic mass is 16.5. The molecule has 2 aromatic carbocycles. The molecule has 0 aromatic heterocycles. The van der Waals surface area contributed by atoms with Gasteiger partial charge in [-0.2, -0.15) is 0 Å². The minimum atomic E-state index is 0.618. The summed E-state index contributed by atoms with van der Waals surface area (Å²) >= 11 is 0. The number of aliphatic imine (C=N–C) groups is 1. The van der Waals surface area contributed by atoms with Crippen LogP contribution in [-0.4, -0.2) is 38.7 Å². The molecule has 25 heavy (non-hydrogen) atoms. The highest BCUT2D eigenvalue weighted by Gasteiger charge is 2.13. The molecule has 2 heterocycles. The van der Waals surface area contributed by atoms with Crippen LogP contribution in [0.2, 0.25) is 0 Å². The zero-order valence-electron chi connectivity index (χ0n) is 14.1. The number of hydrogen-bond donors (Lipinski definition) is 1. The van der Waals surface area contributed by atoms with Crippen LogP contribution in [0.15, 0.2) is 65.8 Å². The number of nitrogens with two attached hydrogens (primary N) is 1. The molecular formula is C20H22N4O. The first-order chi connectivity index (χ1) is 12.3. The molecule has 0 bridgehead atoms. The molecule has 5 heteroatoms. The summed E-state index contributed by atoms with van der Waals surface area (Å²) in [7, 11) is 0. The molecule has 2 aromatic rings. The second-order valence-corrected chi connectivity index (χ2v) is 6.21. The maximum Gasteiger partial charge on any atom is 0.115 e. The standard InChI is InChI=1S/C20H22N4O/c21-17-3-1-16(2-4-17)20-9-10-24(15-22-20)19-7-5-18(6-8-19)23-11-13-25-14-12-23/h1-10H,11-15,21H2. The zero-order valence-corrected chi connectivity index (χ0v) is 14.1. The topological polar surface area (TPSA) is 54.1 Å². The zero-order chi connectivity index (χ0) is 17.1. The van der Waals surface area contributed by atoms with E-state index in [9.17, 15) is 0 Å². The molecule has 1 saturated heterocycles. The van der Waals surface area contributed by atoms with Crippen molar-refractivity contribution < 1.29 is 4.74 Å². The predicted molar refractivity (Wildman–Crippen MR) is 103 cm³/mol. The molecular weight excluding hydrogens is 312 g/mol. The van der Waals surface area contributed by atoms with E-state index in [-0.39, 0.29) is 0 Å². The quantitative estimate of drug-likeness (QED) is 0.877. The third-order valence-electron chi connectivity index (χ3n) is 4.57. The van der Waals surface area contributed by atoms with Crippen molar-refractivity contribution >= 4 is 22.8 Å². The van der Waals surface area contributed by atoms with E-state index < -0.39 is 0 Å². The third-order valence-corrected chi connectivity index (χ3v) is 4.57. The Morgan fingerprint density at radius 3 is 2.20 bits per heavy atom. The van der Waals surface area contributed by atoms with Crippen molar-refractivity contribution in [3.8, 4) is 0 Å². The lowest BCUT2D eigenvalue weighted by Gasteiger charge is -2.29. The first kappa shape index (κ1) is 15.7. The Morgan fingerprint density at radius 2 is 1.56 bits per heavy atom. The van der Waals surface area contributed by atoms with Gasteiger partial charge in [0.15, 0.2) is 0 Å². The van der Waals surface area contributed by atoms with E-state index in [0.29, 0.717) is 6.67 Å². The van der Waals surface area contributed by atoms with Crippen molar-refractivity contribution in [1.82, 2.24) is 0 Å². The fraction of sp³-hybridized carbons (Fsp3) is 0.250. The molecule has 1 fully saturated rings. The molecule has 0 atom stereocenters. The summed E-state index contributed by atoms with van der Waals surface area (Å²) in [5, 5.41) is 0. The first-order valence-electron chi connectivity index (χ1n) is 8.57. The average Bonchev–Trinajstić information content (AvgIpc) is 2.70. The normalized spacial score (nSPS) is 17.5. The van der Waals surface area contributed by atoms with E-state index in [2.05, 4.69) is 45.3 Å². The number of anilines is 3. The van der Waals surface area contributed by atoms with Crippen molar-refractivity contribution in [2.24, 2.45) is 4.99 Å². The van der Waals surface area contributed by atoms with E-state index >= 15 is 0 Å². The van der Waals surface area contributed by atoms with E-state index in [4.69, 9.17) is 10.5 Å². The van der Waals surface area contributed by atoms with Crippen molar-refractivity contribution in [3.05, 3.63) is 66.4 Å². The average molecular weight is 334 g/mol. The summed E-state index contributed by atoms with van der Waals surface area (Å²) in [5.74, 6) is 0. The van der Waals surface area contributed by atoms with E-state index in [1.807, 2.05) is 30.3 Å². The number of nitrogen functional groups attached to an aromatic ring is 1. The number of allylic oxidation sites excluding steroid dienone is 1. The second-order valence-electron chi connectivity index (χ2n) is 6.21. The third kappa shape index (κ3) is 3.51. The Morgan fingerprint density at radius 1 is 0.880 bits per heavy atom. The summed E-state index contributed by atoms with van der Waals surface area (Å²) in [6, 6.07) is 16.5. The SMILES string of the molecule is Nc1ccc(C2=NCN(c3ccc(N4CCOCC4)cc3)C=C2)cc1. The minimum Gasteiger partial charge on any atom is -0.399 e. The molecule has 0 spiro atoms. The van der Waals surface area contributed by atoms with Gasteiger partial charge < -0.3 is 20.3 Å². The number of nitrogens with zero attached hydrogens (tertiary/aromatic N) is 3. The Hall–Kier alpha value is -2.79. The van der Waals surface area contributed by atoms with Crippen molar-refractivity contribution in [3.63, 3.8) is 0 Å². The molecule has 4 rings (SSSR count). The fourth-order valence-electron chi connectivity index (χ4n) is 3.10. The van der Waals surface area contributed by atoms with Gasteiger partial charge in [-0.05, 0) is 48.0 Å². The van der Waals surface area contributed by atoms with Crippen LogP contribution in [0.4, 0.5) is 17.1 Å². The number of rotatable bonds is 3. The molecule has 0 unspecified atom stereocenters. The molecule has 0 amide bonds. The number of benzene rings is 2. The summed E-state index contributed by atoms with van der Waals surface area (Å²) < 4.78 is 5.41. The highest BCUT2D eigenvalue weighted by molar-refractivity contribution is 6.09. The van der Waals surface area contributed by atoms with Gasteiger partial charge >= 0.3 is 0 Å². The summed E-state index contributed by atoms with van der Waals surface area (Å²) in [5.41, 5.74) is 11.0.